The number of phosphoric ester groups is 1. The van der Waals surface area contributed by atoms with Crippen LogP contribution in [0, 0.1) is 0 Å². The summed E-state index contributed by atoms with van der Waals surface area (Å²) in [6.07, 6.45) is 6.31. The van der Waals surface area contributed by atoms with Crippen LogP contribution in [0.4, 0.5) is 5.82 Å². The second-order valence-electron chi connectivity index (χ2n) is 6.56. The molecule has 2 rings (SSSR count). The molecular weight excluding hydrogens is 413 g/mol. The zero-order valence-corrected chi connectivity index (χ0v) is 19.3. The number of aliphatic hydroxyl groups excluding tert-OH is 1. The third-order valence-corrected chi connectivity index (χ3v) is 4.46. The molecule has 0 aliphatic carbocycles. The quantitative estimate of drug-likeness (QED) is 0.418. The Labute approximate surface area is 177 Å². The maximum absolute atomic E-state index is 10.7. The van der Waals surface area contributed by atoms with Crippen LogP contribution in [0.5, 0.6) is 0 Å². The van der Waals surface area contributed by atoms with Gasteiger partial charge in [-0.1, -0.05) is 33.6 Å². The van der Waals surface area contributed by atoms with Crippen molar-refractivity contribution < 1.29 is 28.7 Å². The predicted octanol–water partition coefficient (Wildman–Crippen LogP) is 2.51. The highest BCUT2D eigenvalue weighted by Crippen LogP contribution is 2.36. The van der Waals surface area contributed by atoms with E-state index in [-0.39, 0.29) is 12.7 Å². The lowest BCUT2D eigenvalue weighted by atomic mass is 10.2. The Morgan fingerprint density at radius 3 is 2.27 bits per heavy atom. The monoisotopic (exact) mass is 449 g/mol. The van der Waals surface area contributed by atoms with Crippen molar-refractivity contribution in [3.63, 3.8) is 0 Å². The highest BCUT2D eigenvalue weighted by atomic mass is 31.2. The van der Waals surface area contributed by atoms with Gasteiger partial charge >= 0.3 is 7.82 Å². The van der Waals surface area contributed by atoms with Gasteiger partial charge in [-0.25, -0.2) is 19.5 Å². The molecule has 12 heteroatoms. The van der Waals surface area contributed by atoms with Crippen molar-refractivity contribution in [1.82, 2.24) is 19.5 Å². The lowest BCUT2D eigenvalue weighted by Crippen LogP contribution is -2.20. The maximum atomic E-state index is 10.7. The average molecular weight is 449 g/mol. The number of rotatable bonds is 9. The standard InChI is InChI=1S/C10H16N5O5P.C4H10O.C4H10/c1-19-7(4-20-21(16,17)18)2-3-15-6-14-8-9(11)12-5-13-10(8)15;1-3-4(2)5;1-3-4-2/h5-7H,2-4H2,1H3,(H2,11,12,13)(H2,16,17,18);4-5H,3H2,1-2H3;3-4H2,1-2H3. The Morgan fingerprint density at radius 2 is 1.80 bits per heavy atom. The fourth-order valence-corrected chi connectivity index (χ4v) is 2.16. The Morgan fingerprint density at radius 1 is 1.20 bits per heavy atom. The predicted molar refractivity (Wildman–Crippen MR) is 116 cm³/mol. The van der Waals surface area contributed by atoms with Gasteiger partial charge < -0.3 is 29.9 Å². The number of nitrogens with zero attached hydrogens (tertiary/aromatic N) is 4. The fraction of sp³-hybridized carbons (Fsp3) is 0.722. The van der Waals surface area contributed by atoms with Crippen LogP contribution < -0.4 is 5.73 Å². The van der Waals surface area contributed by atoms with E-state index in [9.17, 15) is 4.57 Å². The van der Waals surface area contributed by atoms with Crippen LogP contribution in [-0.2, 0) is 20.4 Å². The Balaban J connectivity index is 0.000000789. The third kappa shape index (κ3) is 12.2. The minimum atomic E-state index is -4.50. The van der Waals surface area contributed by atoms with Crippen molar-refractivity contribution in [2.75, 3.05) is 19.5 Å². The zero-order chi connectivity index (χ0) is 23.2. The van der Waals surface area contributed by atoms with Crippen LogP contribution in [0.15, 0.2) is 12.7 Å². The molecule has 2 atom stereocenters. The molecule has 2 aromatic rings. The van der Waals surface area contributed by atoms with E-state index in [1.807, 2.05) is 6.92 Å². The summed E-state index contributed by atoms with van der Waals surface area (Å²) < 4.78 is 22.0. The van der Waals surface area contributed by atoms with Crippen LogP contribution in [0.3, 0.4) is 0 Å². The molecule has 0 saturated carbocycles. The highest BCUT2D eigenvalue weighted by molar-refractivity contribution is 7.46. The van der Waals surface area contributed by atoms with Crippen molar-refractivity contribution in [1.29, 1.82) is 0 Å². The summed E-state index contributed by atoms with van der Waals surface area (Å²) in [7, 11) is -3.05. The molecule has 0 spiro atoms. The molecule has 0 fully saturated rings. The first-order valence-electron chi connectivity index (χ1n) is 9.91. The first-order valence-corrected chi connectivity index (χ1v) is 11.4. The molecule has 2 heterocycles. The molecule has 0 aliphatic heterocycles. The van der Waals surface area contributed by atoms with E-state index < -0.39 is 13.9 Å². The van der Waals surface area contributed by atoms with Crippen molar-refractivity contribution in [2.45, 2.75) is 72.1 Å². The zero-order valence-electron chi connectivity index (χ0n) is 18.4. The van der Waals surface area contributed by atoms with Gasteiger partial charge in [0.2, 0.25) is 0 Å². The van der Waals surface area contributed by atoms with Crippen molar-refractivity contribution in [3.05, 3.63) is 12.7 Å². The maximum Gasteiger partial charge on any atom is 0.469 e. The van der Waals surface area contributed by atoms with Crippen molar-refractivity contribution >= 4 is 24.8 Å². The molecule has 30 heavy (non-hydrogen) atoms. The molecule has 174 valence electrons. The minimum Gasteiger partial charge on any atom is -0.393 e. The largest absolute Gasteiger partial charge is 0.469 e. The summed E-state index contributed by atoms with van der Waals surface area (Å²) in [6, 6.07) is 0. The van der Waals surface area contributed by atoms with Crippen LogP contribution in [0.25, 0.3) is 11.2 Å². The Bertz CT molecular complexity index is 750. The topological polar surface area (TPSA) is 166 Å². The molecule has 0 bridgehead atoms. The molecule has 0 amide bonds. The van der Waals surface area contributed by atoms with E-state index in [2.05, 4.69) is 33.3 Å². The normalized spacial score (nSPS) is 13.1. The number of aliphatic hydroxyl groups is 1. The van der Waals surface area contributed by atoms with E-state index in [1.54, 1.807) is 17.8 Å². The SMILES string of the molecule is CCC(C)O.CCCC.COC(CCn1cnc2c(N)ncnc21)COP(=O)(O)O. The number of nitrogen functional groups attached to an aromatic ring is 1. The highest BCUT2D eigenvalue weighted by Gasteiger charge is 2.18. The second kappa shape index (κ2) is 15.2. The van der Waals surface area contributed by atoms with Crippen LogP contribution in [0.2, 0.25) is 0 Å². The van der Waals surface area contributed by atoms with Gasteiger partial charge in [0, 0.05) is 13.7 Å². The van der Waals surface area contributed by atoms with Crippen molar-refractivity contribution in [2.24, 2.45) is 0 Å². The Hall–Kier alpha value is -1.62. The van der Waals surface area contributed by atoms with Gasteiger partial charge in [-0.3, -0.25) is 4.52 Å². The summed E-state index contributed by atoms with van der Waals surface area (Å²) in [5.74, 6) is 0.298. The molecule has 5 N–H and O–H groups in total. The summed E-state index contributed by atoms with van der Waals surface area (Å²) in [5, 5.41) is 8.36. The van der Waals surface area contributed by atoms with Gasteiger partial charge in [0.25, 0.3) is 0 Å². The average Bonchev–Trinajstić information content (AvgIpc) is 3.12. The third-order valence-electron chi connectivity index (χ3n) is 3.97. The van der Waals surface area contributed by atoms with Crippen LogP contribution >= 0.6 is 7.82 Å². The molecule has 0 radical (unpaired) electrons. The molecule has 2 unspecified atom stereocenters. The van der Waals surface area contributed by atoms with Crippen LogP contribution in [-0.4, -0.2) is 60.3 Å². The van der Waals surface area contributed by atoms with Gasteiger partial charge in [-0.15, -0.1) is 0 Å². The van der Waals surface area contributed by atoms with Gasteiger partial charge in [-0.05, 0) is 19.8 Å². The summed E-state index contributed by atoms with van der Waals surface area (Å²) in [5.41, 5.74) is 6.79. The fourth-order valence-electron chi connectivity index (χ4n) is 1.79. The number of nitrogens with two attached hydrogens (primary N) is 1. The number of hydrogen-bond donors (Lipinski definition) is 4. The van der Waals surface area contributed by atoms with Crippen LogP contribution in [0.1, 0.15) is 53.4 Å². The first-order chi connectivity index (χ1) is 14.1. The van der Waals surface area contributed by atoms with Crippen molar-refractivity contribution in [3.8, 4) is 0 Å². The van der Waals surface area contributed by atoms with E-state index in [0.29, 0.717) is 29.9 Å². The molecule has 2 aromatic heterocycles. The smallest absolute Gasteiger partial charge is 0.393 e. The number of methoxy groups -OCH3 is 1. The summed E-state index contributed by atoms with van der Waals surface area (Å²) in [4.78, 5) is 29.4. The number of fused-ring (bicyclic) bond motifs is 1. The lowest BCUT2D eigenvalue weighted by molar-refractivity contribution is 0.0377. The second-order valence-corrected chi connectivity index (χ2v) is 7.80. The summed E-state index contributed by atoms with van der Waals surface area (Å²) in [6.45, 7) is 8.37. The lowest BCUT2D eigenvalue weighted by Gasteiger charge is -2.16. The number of ether oxygens (including phenoxy) is 1. The van der Waals surface area contributed by atoms with E-state index in [4.69, 9.17) is 25.4 Å². The number of hydrogen-bond acceptors (Lipinski definition) is 8. The van der Waals surface area contributed by atoms with E-state index >= 15 is 0 Å². The number of anilines is 1. The van der Waals surface area contributed by atoms with Gasteiger partial charge in [-0.2, -0.15) is 0 Å². The molecule has 0 aliphatic rings. The van der Waals surface area contributed by atoms with E-state index in [0.717, 1.165) is 6.42 Å². The summed E-state index contributed by atoms with van der Waals surface area (Å²) >= 11 is 0. The van der Waals surface area contributed by atoms with E-state index in [1.165, 1.54) is 26.3 Å². The number of unbranched alkanes of at least 4 members (excludes halogenated alkanes) is 1. The first kappa shape index (κ1) is 28.4. The minimum absolute atomic E-state index is 0.116. The van der Waals surface area contributed by atoms with Gasteiger partial charge in [0.05, 0.1) is 25.1 Å². The molecule has 0 saturated heterocycles. The number of phosphoric acid groups is 1. The number of imidazole rings is 1. The number of aryl methyl sites for hydroxylation is 1. The van der Waals surface area contributed by atoms with Gasteiger partial charge in [0.1, 0.15) is 11.8 Å². The molecule has 0 aromatic carbocycles. The molecular formula is C18H36N5O6P. The Kier molecular flexibility index (Phi) is 14.4. The van der Waals surface area contributed by atoms with Gasteiger partial charge in [0.15, 0.2) is 11.5 Å². The number of aromatic nitrogens is 4. The molecule has 11 nitrogen and oxygen atoms in total.